The van der Waals surface area contributed by atoms with E-state index in [4.69, 9.17) is 11.6 Å². The van der Waals surface area contributed by atoms with Crippen LogP contribution in [0.25, 0.3) is 0 Å². The highest BCUT2D eigenvalue weighted by Crippen LogP contribution is 2.48. The summed E-state index contributed by atoms with van der Waals surface area (Å²) in [4.78, 5) is 22.7. The number of rotatable bonds is 6. The first-order valence-electron chi connectivity index (χ1n) is 6.65. The monoisotopic (exact) mass is 295 g/mol. The summed E-state index contributed by atoms with van der Waals surface area (Å²) >= 11 is 6.00. The van der Waals surface area contributed by atoms with Crippen molar-refractivity contribution in [2.75, 3.05) is 13.7 Å². The summed E-state index contributed by atoms with van der Waals surface area (Å²) in [5.74, 6) is -0.486. The zero-order valence-corrected chi connectivity index (χ0v) is 12.2. The maximum Gasteiger partial charge on any atom is 0.306 e. The number of carbonyl (C=O) groups excluding carboxylic acids is 2. The van der Waals surface area contributed by atoms with E-state index in [-0.39, 0.29) is 30.1 Å². The number of esters is 1. The molecular formula is C15H18ClNO3. The molecule has 4 nitrogen and oxygen atoms in total. The molecule has 1 N–H and O–H groups in total. The number of amides is 1. The largest absolute Gasteiger partial charge is 0.469 e. The third-order valence-electron chi connectivity index (χ3n) is 3.70. The molecule has 0 atom stereocenters. The molecule has 0 aromatic heterocycles. The summed E-state index contributed by atoms with van der Waals surface area (Å²) in [6.07, 6.45) is 2.38. The Morgan fingerprint density at radius 3 is 2.70 bits per heavy atom. The van der Waals surface area contributed by atoms with Crippen LogP contribution in [0.3, 0.4) is 0 Å². The molecule has 0 spiro atoms. The van der Waals surface area contributed by atoms with Crippen LogP contribution in [0.5, 0.6) is 0 Å². The topological polar surface area (TPSA) is 55.4 Å². The third-order valence-corrected chi connectivity index (χ3v) is 3.93. The minimum absolute atomic E-state index is 0.0197. The van der Waals surface area contributed by atoms with Crippen LogP contribution in [0.15, 0.2) is 24.3 Å². The molecule has 1 aliphatic rings. The standard InChI is InChI=1S/C15H18ClNO3/c1-20-14(19)6-5-13(18)17-10-15(7-8-15)11-3-2-4-12(16)9-11/h2-4,9H,5-8,10H2,1H3,(H,17,18). The van der Waals surface area contributed by atoms with Gasteiger partial charge in [0.1, 0.15) is 0 Å². The van der Waals surface area contributed by atoms with Crippen molar-refractivity contribution in [1.29, 1.82) is 0 Å². The second-order valence-corrected chi connectivity index (χ2v) is 5.58. The van der Waals surface area contributed by atoms with Crippen LogP contribution in [0, 0.1) is 0 Å². The molecule has 20 heavy (non-hydrogen) atoms. The van der Waals surface area contributed by atoms with Gasteiger partial charge in [0.05, 0.1) is 13.5 Å². The van der Waals surface area contributed by atoms with E-state index < -0.39 is 0 Å². The van der Waals surface area contributed by atoms with E-state index in [1.54, 1.807) is 0 Å². The van der Waals surface area contributed by atoms with Crippen molar-refractivity contribution >= 4 is 23.5 Å². The lowest BCUT2D eigenvalue weighted by molar-refractivity contribution is -0.142. The first-order valence-corrected chi connectivity index (χ1v) is 7.03. The van der Waals surface area contributed by atoms with Crippen molar-refractivity contribution in [3.8, 4) is 0 Å². The van der Waals surface area contributed by atoms with E-state index in [1.807, 2.05) is 24.3 Å². The quantitative estimate of drug-likeness (QED) is 0.820. The fraction of sp³-hybridized carbons (Fsp3) is 0.467. The summed E-state index contributed by atoms with van der Waals surface area (Å²) in [6, 6.07) is 7.77. The highest BCUT2D eigenvalue weighted by atomic mass is 35.5. The van der Waals surface area contributed by atoms with E-state index in [9.17, 15) is 9.59 Å². The maximum atomic E-state index is 11.7. The Morgan fingerprint density at radius 1 is 1.35 bits per heavy atom. The first kappa shape index (κ1) is 14.9. The van der Waals surface area contributed by atoms with E-state index in [1.165, 1.54) is 12.7 Å². The molecule has 0 saturated heterocycles. The Kier molecular flexibility index (Phi) is 4.65. The number of hydrogen-bond donors (Lipinski definition) is 1. The van der Waals surface area contributed by atoms with Gasteiger partial charge >= 0.3 is 5.97 Å². The normalized spacial score (nSPS) is 15.5. The number of benzene rings is 1. The van der Waals surface area contributed by atoms with Gasteiger partial charge in [-0.3, -0.25) is 9.59 Å². The lowest BCUT2D eigenvalue weighted by Crippen LogP contribution is -2.32. The van der Waals surface area contributed by atoms with Crippen molar-refractivity contribution in [2.45, 2.75) is 31.1 Å². The second-order valence-electron chi connectivity index (χ2n) is 5.14. The molecule has 1 aromatic rings. The van der Waals surface area contributed by atoms with Crippen molar-refractivity contribution in [2.24, 2.45) is 0 Å². The molecule has 1 aliphatic carbocycles. The van der Waals surface area contributed by atoms with Gasteiger partial charge < -0.3 is 10.1 Å². The zero-order chi connectivity index (χ0) is 14.6. The molecule has 1 aromatic carbocycles. The van der Waals surface area contributed by atoms with Crippen molar-refractivity contribution in [3.05, 3.63) is 34.9 Å². The molecule has 5 heteroatoms. The molecule has 0 bridgehead atoms. The van der Waals surface area contributed by atoms with Gasteiger partial charge in [0, 0.05) is 23.4 Å². The molecule has 0 radical (unpaired) electrons. The second kappa shape index (κ2) is 6.27. The van der Waals surface area contributed by atoms with Crippen LogP contribution >= 0.6 is 11.6 Å². The molecular weight excluding hydrogens is 278 g/mol. The van der Waals surface area contributed by atoms with Crippen LogP contribution in [0.1, 0.15) is 31.2 Å². The highest BCUT2D eigenvalue weighted by molar-refractivity contribution is 6.30. The molecule has 2 rings (SSSR count). The van der Waals surface area contributed by atoms with E-state index in [0.29, 0.717) is 11.6 Å². The molecule has 108 valence electrons. The maximum absolute atomic E-state index is 11.7. The molecule has 1 saturated carbocycles. The SMILES string of the molecule is COC(=O)CCC(=O)NCC1(c2cccc(Cl)c2)CC1. The Bertz CT molecular complexity index is 512. The first-order chi connectivity index (χ1) is 9.55. The van der Waals surface area contributed by atoms with Crippen molar-refractivity contribution in [3.63, 3.8) is 0 Å². The lowest BCUT2D eigenvalue weighted by atomic mass is 9.96. The van der Waals surface area contributed by atoms with E-state index in [0.717, 1.165) is 12.8 Å². The van der Waals surface area contributed by atoms with Gasteiger partial charge in [-0.05, 0) is 30.5 Å². The highest BCUT2D eigenvalue weighted by Gasteiger charge is 2.44. The van der Waals surface area contributed by atoms with Crippen molar-refractivity contribution in [1.82, 2.24) is 5.32 Å². The average molecular weight is 296 g/mol. The Morgan fingerprint density at radius 2 is 2.10 bits per heavy atom. The fourth-order valence-corrected chi connectivity index (χ4v) is 2.40. The molecule has 1 amide bonds. The number of methoxy groups -OCH3 is 1. The van der Waals surface area contributed by atoms with Gasteiger partial charge in [0.15, 0.2) is 0 Å². The number of halogens is 1. The number of ether oxygens (including phenoxy) is 1. The van der Waals surface area contributed by atoms with Gasteiger partial charge in [-0.2, -0.15) is 0 Å². The van der Waals surface area contributed by atoms with Crippen LogP contribution < -0.4 is 5.32 Å². The number of carbonyl (C=O) groups is 2. The third kappa shape index (κ3) is 3.73. The van der Waals surface area contributed by atoms with Gasteiger partial charge in [-0.15, -0.1) is 0 Å². The van der Waals surface area contributed by atoms with Gasteiger partial charge in [0.25, 0.3) is 0 Å². The van der Waals surface area contributed by atoms with Gasteiger partial charge in [-0.25, -0.2) is 0 Å². The molecule has 0 aliphatic heterocycles. The van der Waals surface area contributed by atoms with Crippen LogP contribution in [0.4, 0.5) is 0 Å². The Labute approximate surface area is 123 Å². The number of hydrogen-bond acceptors (Lipinski definition) is 3. The van der Waals surface area contributed by atoms with E-state index in [2.05, 4.69) is 10.1 Å². The van der Waals surface area contributed by atoms with Crippen LogP contribution in [-0.2, 0) is 19.7 Å². The van der Waals surface area contributed by atoms with Crippen molar-refractivity contribution < 1.29 is 14.3 Å². The summed E-state index contributed by atoms with van der Waals surface area (Å²) in [5.41, 5.74) is 1.18. The summed E-state index contributed by atoms with van der Waals surface area (Å²) < 4.78 is 4.51. The van der Waals surface area contributed by atoms with Crippen LogP contribution in [-0.4, -0.2) is 25.5 Å². The summed E-state index contributed by atoms with van der Waals surface area (Å²) in [5, 5.41) is 3.61. The molecule has 0 heterocycles. The minimum atomic E-state index is -0.365. The number of nitrogens with one attached hydrogen (secondary N) is 1. The van der Waals surface area contributed by atoms with Crippen LogP contribution in [0.2, 0.25) is 5.02 Å². The zero-order valence-electron chi connectivity index (χ0n) is 11.4. The summed E-state index contributed by atoms with van der Waals surface area (Å²) in [7, 11) is 1.32. The lowest BCUT2D eigenvalue weighted by Gasteiger charge is -2.16. The Balaban J connectivity index is 1.84. The molecule has 1 fully saturated rings. The van der Waals surface area contributed by atoms with Gasteiger partial charge in [-0.1, -0.05) is 23.7 Å². The van der Waals surface area contributed by atoms with Gasteiger partial charge in [0.2, 0.25) is 5.91 Å². The fourth-order valence-electron chi connectivity index (χ4n) is 2.21. The van der Waals surface area contributed by atoms with E-state index >= 15 is 0 Å². The molecule has 0 unspecified atom stereocenters. The average Bonchev–Trinajstić information content (AvgIpc) is 3.23. The Hall–Kier alpha value is -1.55. The summed E-state index contributed by atoms with van der Waals surface area (Å²) in [6.45, 7) is 0.591. The predicted octanol–water partition coefficient (Wildman–Crippen LogP) is 2.44. The smallest absolute Gasteiger partial charge is 0.306 e. The predicted molar refractivity (Wildman–Crippen MR) is 76.6 cm³/mol. The minimum Gasteiger partial charge on any atom is -0.469 e.